The van der Waals surface area contributed by atoms with Crippen LogP contribution in [0.1, 0.15) is 15.9 Å². The van der Waals surface area contributed by atoms with Crippen LogP contribution in [0, 0.1) is 10.1 Å². The first-order valence-electron chi connectivity index (χ1n) is 7.32. The third kappa shape index (κ3) is 3.09. The molecule has 0 atom stereocenters. The molecule has 0 aliphatic carbocycles. The SMILES string of the molecule is O=C(CN1C(=O)C(=O)c2ccccc21)OCc1ccccc1[N+](=O)[O-]. The maximum atomic E-state index is 12.0. The average molecular weight is 340 g/mol. The minimum absolute atomic E-state index is 0.159. The van der Waals surface area contributed by atoms with Gasteiger partial charge in [0.25, 0.3) is 17.4 Å². The summed E-state index contributed by atoms with van der Waals surface area (Å²) in [6, 6.07) is 12.2. The topological polar surface area (TPSA) is 107 Å². The number of fused-ring (bicyclic) bond motifs is 1. The van der Waals surface area contributed by atoms with Gasteiger partial charge in [-0.05, 0) is 18.2 Å². The van der Waals surface area contributed by atoms with E-state index >= 15 is 0 Å². The predicted octanol–water partition coefficient (Wildman–Crippen LogP) is 1.87. The van der Waals surface area contributed by atoms with Gasteiger partial charge in [0.2, 0.25) is 0 Å². The first kappa shape index (κ1) is 16.3. The van der Waals surface area contributed by atoms with Crippen LogP contribution >= 0.6 is 0 Å². The number of rotatable bonds is 5. The number of hydrogen-bond donors (Lipinski definition) is 0. The molecule has 1 amide bonds. The van der Waals surface area contributed by atoms with Gasteiger partial charge in [0.1, 0.15) is 13.2 Å². The fourth-order valence-electron chi connectivity index (χ4n) is 2.55. The number of nitro groups is 1. The number of esters is 1. The van der Waals surface area contributed by atoms with Crippen LogP contribution in [0.5, 0.6) is 0 Å². The van der Waals surface area contributed by atoms with E-state index in [9.17, 15) is 24.5 Å². The molecule has 2 aromatic carbocycles. The smallest absolute Gasteiger partial charge is 0.326 e. The molecule has 0 spiro atoms. The first-order chi connectivity index (χ1) is 12.0. The number of Topliss-reactive ketones (excluding diaryl/α,β-unsaturated/α-hetero) is 1. The molecule has 0 N–H and O–H groups in total. The summed E-state index contributed by atoms with van der Waals surface area (Å²) >= 11 is 0. The van der Waals surface area contributed by atoms with Crippen LogP contribution in [0.3, 0.4) is 0 Å². The van der Waals surface area contributed by atoms with Gasteiger partial charge < -0.3 is 4.74 Å². The Morgan fingerprint density at radius 3 is 2.52 bits per heavy atom. The molecule has 126 valence electrons. The Labute approximate surface area is 141 Å². The van der Waals surface area contributed by atoms with E-state index in [2.05, 4.69) is 0 Å². The lowest BCUT2D eigenvalue weighted by Crippen LogP contribution is -2.35. The predicted molar refractivity (Wildman–Crippen MR) is 86.0 cm³/mol. The van der Waals surface area contributed by atoms with Gasteiger partial charge >= 0.3 is 5.97 Å². The highest BCUT2D eigenvalue weighted by atomic mass is 16.6. The fraction of sp³-hybridized carbons (Fsp3) is 0.118. The quantitative estimate of drug-likeness (QED) is 0.356. The number of carbonyl (C=O) groups is 3. The molecule has 1 aliphatic heterocycles. The van der Waals surface area contributed by atoms with Crippen molar-refractivity contribution in [1.29, 1.82) is 0 Å². The molecule has 0 radical (unpaired) electrons. The minimum Gasteiger partial charge on any atom is -0.459 e. The summed E-state index contributed by atoms with van der Waals surface area (Å²) in [6.45, 7) is -0.740. The molecule has 1 aliphatic rings. The summed E-state index contributed by atoms with van der Waals surface area (Å²) < 4.78 is 5.03. The number of ketones is 1. The number of nitro benzene ring substituents is 1. The summed E-state index contributed by atoms with van der Waals surface area (Å²) in [6.07, 6.45) is 0. The van der Waals surface area contributed by atoms with Crippen LogP contribution in [0.25, 0.3) is 0 Å². The van der Waals surface area contributed by atoms with Gasteiger partial charge in [-0.2, -0.15) is 0 Å². The summed E-state index contributed by atoms with van der Waals surface area (Å²) in [7, 11) is 0. The van der Waals surface area contributed by atoms with E-state index in [0.717, 1.165) is 4.90 Å². The second-order valence-corrected chi connectivity index (χ2v) is 5.28. The van der Waals surface area contributed by atoms with Crippen molar-refractivity contribution in [1.82, 2.24) is 0 Å². The zero-order valence-corrected chi connectivity index (χ0v) is 12.9. The van der Waals surface area contributed by atoms with E-state index < -0.39 is 29.1 Å². The van der Waals surface area contributed by atoms with Gasteiger partial charge in [-0.25, -0.2) is 0 Å². The summed E-state index contributed by atoms with van der Waals surface area (Å²) in [5.74, 6) is -2.25. The van der Waals surface area contributed by atoms with Crippen LogP contribution in [0.4, 0.5) is 11.4 Å². The summed E-state index contributed by atoms with van der Waals surface area (Å²) in [5, 5.41) is 10.9. The summed E-state index contributed by atoms with van der Waals surface area (Å²) in [4.78, 5) is 47.3. The van der Waals surface area contributed by atoms with Gasteiger partial charge in [-0.15, -0.1) is 0 Å². The lowest BCUT2D eigenvalue weighted by Gasteiger charge is -2.15. The van der Waals surface area contributed by atoms with Gasteiger partial charge in [0.05, 0.1) is 21.7 Å². The van der Waals surface area contributed by atoms with Crippen molar-refractivity contribution in [2.45, 2.75) is 6.61 Å². The van der Waals surface area contributed by atoms with Gasteiger partial charge in [0.15, 0.2) is 0 Å². The number of nitrogens with zero attached hydrogens (tertiary/aromatic N) is 2. The monoisotopic (exact) mass is 340 g/mol. The standard InChI is InChI=1S/C17H12N2O6/c20-15(25-10-11-5-1-3-7-13(11)19(23)24)9-18-14-8-4-2-6-12(14)16(21)17(18)22/h1-8H,9-10H2. The molecule has 3 rings (SSSR count). The molecule has 8 nitrogen and oxygen atoms in total. The highest BCUT2D eigenvalue weighted by Gasteiger charge is 2.36. The van der Waals surface area contributed by atoms with Crippen molar-refractivity contribution in [2.75, 3.05) is 11.4 Å². The van der Waals surface area contributed by atoms with Crippen molar-refractivity contribution < 1.29 is 24.0 Å². The van der Waals surface area contributed by atoms with Crippen molar-refractivity contribution in [2.24, 2.45) is 0 Å². The normalized spacial score (nSPS) is 12.9. The molecular weight excluding hydrogens is 328 g/mol. The number of ether oxygens (including phenoxy) is 1. The highest BCUT2D eigenvalue weighted by Crippen LogP contribution is 2.28. The maximum absolute atomic E-state index is 12.0. The Bertz CT molecular complexity index is 892. The van der Waals surface area contributed by atoms with Crippen LogP contribution in [0.2, 0.25) is 0 Å². The Balaban J connectivity index is 1.69. The Hall–Kier alpha value is -3.55. The van der Waals surface area contributed by atoms with E-state index in [1.807, 2.05) is 0 Å². The third-order valence-electron chi connectivity index (χ3n) is 3.74. The second kappa shape index (κ2) is 6.52. The van der Waals surface area contributed by atoms with E-state index in [1.165, 1.54) is 24.3 Å². The molecule has 2 aromatic rings. The molecule has 0 saturated carbocycles. The van der Waals surface area contributed by atoms with Crippen molar-refractivity contribution in [3.8, 4) is 0 Å². The second-order valence-electron chi connectivity index (χ2n) is 5.28. The zero-order valence-electron chi connectivity index (χ0n) is 12.9. The number of carbonyl (C=O) groups excluding carboxylic acids is 3. The largest absolute Gasteiger partial charge is 0.459 e. The van der Waals surface area contributed by atoms with E-state index in [1.54, 1.807) is 24.3 Å². The third-order valence-corrected chi connectivity index (χ3v) is 3.74. The maximum Gasteiger partial charge on any atom is 0.326 e. The Morgan fingerprint density at radius 2 is 1.76 bits per heavy atom. The van der Waals surface area contributed by atoms with E-state index in [0.29, 0.717) is 5.69 Å². The molecule has 25 heavy (non-hydrogen) atoms. The van der Waals surface area contributed by atoms with Crippen LogP contribution in [0.15, 0.2) is 48.5 Å². The molecule has 0 bridgehead atoms. The fourth-order valence-corrected chi connectivity index (χ4v) is 2.55. The molecule has 8 heteroatoms. The molecular formula is C17H12N2O6. The molecule has 0 unspecified atom stereocenters. The minimum atomic E-state index is -0.802. The van der Waals surface area contributed by atoms with Crippen LogP contribution in [-0.4, -0.2) is 29.1 Å². The lowest BCUT2D eigenvalue weighted by molar-refractivity contribution is -0.385. The molecule has 1 heterocycles. The Kier molecular flexibility index (Phi) is 4.25. The first-order valence-corrected chi connectivity index (χ1v) is 7.32. The highest BCUT2D eigenvalue weighted by molar-refractivity contribution is 6.52. The average Bonchev–Trinajstić information content (AvgIpc) is 2.85. The molecule has 0 saturated heterocycles. The molecule has 0 aromatic heterocycles. The molecule has 0 fully saturated rings. The van der Waals surface area contributed by atoms with Gasteiger partial charge in [-0.3, -0.25) is 29.4 Å². The van der Waals surface area contributed by atoms with Gasteiger partial charge in [0, 0.05) is 6.07 Å². The van der Waals surface area contributed by atoms with Crippen LogP contribution < -0.4 is 4.90 Å². The van der Waals surface area contributed by atoms with Gasteiger partial charge in [-0.1, -0.05) is 24.3 Å². The lowest BCUT2D eigenvalue weighted by atomic mass is 10.1. The van der Waals surface area contributed by atoms with Crippen LogP contribution in [-0.2, 0) is 20.9 Å². The summed E-state index contributed by atoms with van der Waals surface area (Å²) in [5.41, 5.74) is 0.664. The Morgan fingerprint density at radius 1 is 1.08 bits per heavy atom. The number of hydrogen-bond acceptors (Lipinski definition) is 6. The number of anilines is 1. The van der Waals surface area contributed by atoms with Crippen molar-refractivity contribution >= 4 is 29.0 Å². The van der Waals surface area contributed by atoms with E-state index in [4.69, 9.17) is 4.74 Å². The number of amides is 1. The van der Waals surface area contributed by atoms with Crippen molar-refractivity contribution in [3.63, 3.8) is 0 Å². The van der Waals surface area contributed by atoms with Crippen molar-refractivity contribution in [3.05, 3.63) is 69.8 Å². The van der Waals surface area contributed by atoms with E-state index in [-0.39, 0.29) is 23.4 Å². The number of benzene rings is 2. The number of para-hydroxylation sites is 2. The zero-order chi connectivity index (χ0) is 18.0.